The molecule has 2 rings (SSSR count). The lowest BCUT2D eigenvalue weighted by molar-refractivity contribution is -0.129. The molecule has 0 saturated carbocycles. The molecular formula is C11H10N4O2. The van der Waals surface area contributed by atoms with Gasteiger partial charge in [0.05, 0.1) is 6.20 Å². The number of rotatable bonds is 3. The summed E-state index contributed by atoms with van der Waals surface area (Å²) < 4.78 is 0. The fourth-order valence-corrected chi connectivity index (χ4v) is 1.30. The Morgan fingerprint density at radius 2 is 2.18 bits per heavy atom. The molecule has 0 unspecified atom stereocenters. The van der Waals surface area contributed by atoms with Gasteiger partial charge in [0.2, 0.25) is 0 Å². The zero-order valence-electron chi connectivity index (χ0n) is 9.08. The Balaban J connectivity index is 2.37. The first kappa shape index (κ1) is 11.0. The van der Waals surface area contributed by atoms with Crippen LogP contribution in [0.25, 0.3) is 10.8 Å². The van der Waals surface area contributed by atoms with Gasteiger partial charge in [-0.05, 0) is 6.92 Å². The second-order valence-electron chi connectivity index (χ2n) is 3.39. The van der Waals surface area contributed by atoms with Gasteiger partial charge in [-0.2, -0.15) is 10.2 Å². The second-order valence-corrected chi connectivity index (χ2v) is 3.39. The Bertz CT molecular complexity index is 590. The van der Waals surface area contributed by atoms with Crippen LogP contribution in [0.2, 0.25) is 0 Å². The number of hydrogen-bond acceptors (Lipinski definition) is 5. The van der Waals surface area contributed by atoms with Crippen LogP contribution in [0.4, 0.5) is 5.82 Å². The summed E-state index contributed by atoms with van der Waals surface area (Å²) in [5, 5.41) is 21.8. The number of benzene rings is 1. The molecule has 0 amide bonds. The van der Waals surface area contributed by atoms with Crippen LogP contribution in [0.3, 0.4) is 0 Å². The summed E-state index contributed by atoms with van der Waals surface area (Å²) in [7, 11) is 0. The smallest absolute Gasteiger partial charge is 0.351 e. The first-order chi connectivity index (χ1) is 8.18. The number of carbonyl (C=O) groups is 1. The number of hydrogen-bond donors (Lipinski definition) is 2. The normalized spacial score (nSPS) is 11.5. The number of carboxylic acids is 1. The predicted molar refractivity (Wildman–Crippen MR) is 63.9 cm³/mol. The predicted octanol–water partition coefficient (Wildman–Crippen LogP) is 1.50. The quantitative estimate of drug-likeness (QED) is 0.616. The Hall–Kier alpha value is -2.50. The number of carboxylic acid groups (broad SMARTS) is 1. The maximum atomic E-state index is 10.6. The molecule has 1 heterocycles. The maximum absolute atomic E-state index is 10.6. The highest BCUT2D eigenvalue weighted by molar-refractivity contribution is 6.34. The molecule has 6 heteroatoms. The number of aliphatic carboxylic acids is 1. The summed E-state index contributed by atoms with van der Waals surface area (Å²) in [6.45, 7) is 1.40. The molecule has 1 aromatic heterocycles. The molecule has 0 spiro atoms. The van der Waals surface area contributed by atoms with Crippen LogP contribution in [0, 0.1) is 0 Å². The summed E-state index contributed by atoms with van der Waals surface area (Å²) in [5.41, 5.74) is 2.56. The average Bonchev–Trinajstić information content (AvgIpc) is 2.35. The maximum Gasteiger partial charge on any atom is 0.351 e. The van der Waals surface area contributed by atoms with Gasteiger partial charge >= 0.3 is 5.97 Å². The van der Waals surface area contributed by atoms with Crippen LogP contribution >= 0.6 is 0 Å². The standard InChI is InChI=1S/C11H10N4O2/c1-7(11(16)17)13-15-10-9-5-3-2-4-8(9)6-12-14-10/h2-6H,1H3,(H,14,15)(H,16,17)/b13-7-. The van der Waals surface area contributed by atoms with Gasteiger partial charge in [0.25, 0.3) is 0 Å². The van der Waals surface area contributed by atoms with Gasteiger partial charge in [-0.1, -0.05) is 24.3 Å². The lowest BCUT2D eigenvalue weighted by Crippen LogP contribution is -2.10. The third-order valence-corrected chi connectivity index (χ3v) is 2.21. The molecule has 2 N–H and O–H groups in total. The number of aromatic nitrogens is 2. The molecule has 0 atom stereocenters. The van der Waals surface area contributed by atoms with E-state index in [1.54, 1.807) is 6.20 Å². The van der Waals surface area contributed by atoms with Gasteiger partial charge in [0.15, 0.2) is 5.82 Å². The van der Waals surface area contributed by atoms with Gasteiger partial charge < -0.3 is 5.11 Å². The number of hydrazone groups is 1. The number of anilines is 1. The molecule has 1 aromatic carbocycles. The van der Waals surface area contributed by atoms with Crippen LogP contribution in [-0.2, 0) is 4.79 Å². The molecule has 0 bridgehead atoms. The minimum atomic E-state index is -1.08. The van der Waals surface area contributed by atoms with E-state index in [4.69, 9.17) is 5.11 Å². The van der Waals surface area contributed by atoms with Crippen LogP contribution in [0.15, 0.2) is 35.6 Å². The highest BCUT2D eigenvalue weighted by atomic mass is 16.4. The van der Waals surface area contributed by atoms with E-state index in [0.717, 1.165) is 10.8 Å². The van der Waals surface area contributed by atoms with Gasteiger partial charge in [0.1, 0.15) is 5.71 Å². The van der Waals surface area contributed by atoms with Crippen LogP contribution in [-0.4, -0.2) is 27.0 Å². The van der Waals surface area contributed by atoms with Gasteiger partial charge in [-0.3, -0.25) is 5.43 Å². The van der Waals surface area contributed by atoms with Crippen molar-refractivity contribution in [3.8, 4) is 0 Å². The number of nitrogens with one attached hydrogen (secondary N) is 1. The first-order valence-electron chi connectivity index (χ1n) is 4.92. The number of nitrogens with zero attached hydrogens (tertiary/aromatic N) is 3. The summed E-state index contributed by atoms with van der Waals surface area (Å²) >= 11 is 0. The van der Waals surface area contributed by atoms with E-state index >= 15 is 0 Å². The highest BCUT2D eigenvalue weighted by Gasteiger charge is 2.04. The summed E-state index contributed by atoms with van der Waals surface area (Å²) in [6.07, 6.45) is 1.63. The monoisotopic (exact) mass is 230 g/mol. The van der Waals surface area contributed by atoms with Gasteiger partial charge in [0, 0.05) is 10.8 Å². The molecule has 0 aliphatic carbocycles. The van der Waals surface area contributed by atoms with E-state index in [2.05, 4.69) is 20.7 Å². The molecule has 0 aliphatic rings. The molecule has 2 aromatic rings. The second kappa shape index (κ2) is 4.56. The van der Waals surface area contributed by atoms with E-state index in [9.17, 15) is 4.79 Å². The zero-order valence-corrected chi connectivity index (χ0v) is 9.08. The zero-order chi connectivity index (χ0) is 12.3. The number of fused-ring (bicyclic) bond motifs is 1. The van der Waals surface area contributed by atoms with Crippen LogP contribution in [0.1, 0.15) is 6.92 Å². The molecule has 86 valence electrons. The molecule has 0 radical (unpaired) electrons. The lowest BCUT2D eigenvalue weighted by Gasteiger charge is -2.03. The molecular weight excluding hydrogens is 220 g/mol. The Morgan fingerprint density at radius 3 is 2.94 bits per heavy atom. The summed E-state index contributed by atoms with van der Waals surface area (Å²) in [6, 6.07) is 7.50. The van der Waals surface area contributed by atoms with E-state index < -0.39 is 5.97 Å². The third-order valence-electron chi connectivity index (χ3n) is 2.21. The molecule has 0 saturated heterocycles. The average molecular weight is 230 g/mol. The van der Waals surface area contributed by atoms with Gasteiger partial charge in [-0.25, -0.2) is 4.79 Å². The Morgan fingerprint density at radius 1 is 1.41 bits per heavy atom. The van der Waals surface area contributed by atoms with E-state index in [0.29, 0.717) is 5.82 Å². The van der Waals surface area contributed by atoms with E-state index in [-0.39, 0.29) is 5.71 Å². The largest absolute Gasteiger partial charge is 0.477 e. The fourth-order valence-electron chi connectivity index (χ4n) is 1.30. The summed E-state index contributed by atoms with van der Waals surface area (Å²) in [5.74, 6) is -0.644. The molecule has 6 nitrogen and oxygen atoms in total. The SMILES string of the molecule is C/C(=N/Nc1nncc2ccccc12)C(=O)O. The topological polar surface area (TPSA) is 87.5 Å². The van der Waals surface area contributed by atoms with Crippen molar-refractivity contribution in [2.45, 2.75) is 6.92 Å². The first-order valence-corrected chi connectivity index (χ1v) is 4.92. The fraction of sp³-hybridized carbons (Fsp3) is 0.0909. The van der Waals surface area contributed by atoms with Crippen molar-refractivity contribution in [2.24, 2.45) is 5.10 Å². The molecule has 0 fully saturated rings. The van der Waals surface area contributed by atoms with E-state index in [1.807, 2.05) is 24.3 Å². The molecule has 17 heavy (non-hydrogen) atoms. The van der Waals surface area contributed by atoms with Crippen LogP contribution < -0.4 is 5.43 Å². The van der Waals surface area contributed by atoms with Crippen molar-refractivity contribution < 1.29 is 9.90 Å². The van der Waals surface area contributed by atoms with Crippen molar-refractivity contribution in [1.29, 1.82) is 0 Å². The minimum Gasteiger partial charge on any atom is -0.477 e. The third kappa shape index (κ3) is 2.36. The Kier molecular flexibility index (Phi) is 2.95. The highest BCUT2D eigenvalue weighted by Crippen LogP contribution is 2.18. The van der Waals surface area contributed by atoms with Crippen molar-refractivity contribution in [3.63, 3.8) is 0 Å². The van der Waals surface area contributed by atoms with E-state index in [1.165, 1.54) is 6.92 Å². The summed E-state index contributed by atoms with van der Waals surface area (Å²) in [4.78, 5) is 10.6. The Labute approximate surface area is 97.0 Å². The van der Waals surface area contributed by atoms with Crippen molar-refractivity contribution in [3.05, 3.63) is 30.5 Å². The van der Waals surface area contributed by atoms with Crippen LogP contribution in [0.5, 0.6) is 0 Å². The lowest BCUT2D eigenvalue weighted by atomic mass is 10.2. The molecule has 0 aliphatic heterocycles. The minimum absolute atomic E-state index is 0.0419. The van der Waals surface area contributed by atoms with Crippen molar-refractivity contribution in [1.82, 2.24) is 10.2 Å². The van der Waals surface area contributed by atoms with Gasteiger partial charge in [-0.15, -0.1) is 5.10 Å². The van der Waals surface area contributed by atoms with Crippen molar-refractivity contribution >= 4 is 28.3 Å². The van der Waals surface area contributed by atoms with Crippen molar-refractivity contribution in [2.75, 3.05) is 5.43 Å².